The van der Waals surface area contributed by atoms with Gasteiger partial charge in [0.15, 0.2) is 0 Å². The number of pyridine rings is 1. The van der Waals surface area contributed by atoms with Crippen molar-refractivity contribution in [3.05, 3.63) is 89.4 Å². The van der Waals surface area contributed by atoms with Crippen molar-refractivity contribution in [3.63, 3.8) is 0 Å². The van der Waals surface area contributed by atoms with Crippen LogP contribution in [0.2, 0.25) is 0 Å². The standard InChI is InChI=1S/C29H27BN4/c1-2-18-17-34-14-12-23-21-8-4-6-10-25(21)33-28(23)29(34,30)16-19(18)15-26-27-22(11-13-31-26)20-7-3-5-9-24(20)32-27/h2-11,13,19,32-33H,12,14-17H2,1H3/b18-2-/t19?,29-/m0/s1. The van der Waals surface area contributed by atoms with Crippen molar-refractivity contribution in [2.45, 2.75) is 31.6 Å². The summed E-state index contributed by atoms with van der Waals surface area (Å²) in [6.45, 7) is 4.07. The molecule has 2 aromatic carbocycles. The van der Waals surface area contributed by atoms with Crippen LogP contribution in [-0.2, 0) is 18.3 Å². The Morgan fingerprint density at radius 2 is 1.79 bits per heavy atom. The van der Waals surface area contributed by atoms with Crippen molar-refractivity contribution < 1.29 is 0 Å². The number of allylic oxidation sites excluding steroid dienone is 1. The lowest BCUT2D eigenvalue weighted by Gasteiger charge is -2.52. The Morgan fingerprint density at radius 3 is 2.62 bits per heavy atom. The Kier molecular flexibility index (Phi) is 4.34. The zero-order valence-corrected chi connectivity index (χ0v) is 19.4. The zero-order chi connectivity index (χ0) is 22.9. The summed E-state index contributed by atoms with van der Waals surface area (Å²) in [5.41, 5.74) is 8.22. The predicted molar refractivity (Wildman–Crippen MR) is 140 cm³/mol. The number of H-pyrrole nitrogens is 2. The topological polar surface area (TPSA) is 47.7 Å². The van der Waals surface area contributed by atoms with Crippen LogP contribution in [0.1, 0.15) is 30.3 Å². The number of hydrogen-bond donors (Lipinski definition) is 2. The maximum Gasteiger partial charge on any atom is 0.104 e. The van der Waals surface area contributed by atoms with Crippen LogP contribution in [0.25, 0.3) is 32.7 Å². The van der Waals surface area contributed by atoms with Crippen LogP contribution in [0.4, 0.5) is 0 Å². The first-order valence-electron chi connectivity index (χ1n) is 12.3. The molecule has 5 heterocycles. The molecule has 0 saturated carbocycles. The first kappa shape index (κ1) is 20.1. The molecule has 2 atom stereocenters. The van der Waals surface area contributed by atoms with E-state index in [4.69, 9.17) is 12.8 Å². The number of aromatic nitrogens is 3. The maximum absolute atomic E-state index is 7.31. The minimum atomic E-state index is -0.488. The minimum absolute atomic E-state index is 0.341. The molecule has 0 bridgehead atoms. The van der Waals surface area contributed by atoms with E-state index >= 15 is 0 Å². The first-order valence-corrected chi connectivity index (χ1v) is 12.3. The molecule has 0 spiro atoms. The number of nitrogens with one attached hydrogen (secondary N) is 2. The van der Waals surface area contributed by atoms with E-state index in [0.29, 0.717) is 5.92 Å². The lowest BCUT2D eigenvalue weighted by molar-refractivity contribution is 0.101. The Morgan fingerprint density at radius 1 is 1.03 bits per heavy atom. The van der Waals surface area contributed by atoms with Gasteiger partial charge in [0.2, 0.25) is 0 Å². The largest absolute Gasteiger partial charge is 0.357 e. The van der Waals surface area contributed by atoms with Crippen LogP contribution in [0.5, 0.6) is 0 Å². The second kappa shape index (κ2) is 7.35. The molecule has 1 unspecified atom stereocenters. The fourth-order valence-electron chi connectivity index (χ4n) is 6.49. The molecular formula is C29H27BN4. The van der Waals surface area contributed by atoms with Gasteiger partial charge in [-0.1, -0.05) is 48.0 Å². The second-order valence-corrected chi connectivity index (χ2v) is 9.94. The van der Waals surface area contributed by atoms with E-state index in [1.807, 2.05) is 6.20 Å². The van der Waals surface area contributed by atoms with E-state index in [1.165, 1.54) is 38.5 Å². The number of benzene rings is 2. The van der Waals surface area contributed by atoms with Crippen molar-refractivity contribution in [3.8, 4) is 0 Å². The molecule has 5 aromatic rings. The van der Waals surface area contributed by atoms with Gasteiger partial charge in [0.05, 0.1) is 11.2 Å². The average Bonchev–Trinajstić information content (AvgIpc) is 3.44. The summed E-state index contributed by atoms with van der Waals surface area (Å²) in [5.74, 6) is 0.341. The molecule has 3 aromatic heterocycles. The third-order valence-electron chi connectivity index (χ3n) is 8.21. The Hall–Kier alpha value is -3.31. The Labute approximate surface area is 200 Å². The summed E-state index contributed by atoms with van der Waals surface area (Å²) in [6, 6.07) is 19.2. The average molecular weight is 442 g/mol. The molecule has 1 fully saturated rings. The number of aromatic amines is 2. The first-order chi connectivity index (χ1) is 16.7. The van der Waals surface area contributed by atoms with Crippen molar-refractivity contribution in [1.29, 1.82) is 0 Å². The molecule has 2 aliphatic heterocycles. The third kappa shape index (κ3) is 2.80. The number of fused-ring (bicyclic) bond motifs is 8. The van der Waals surface area contributed by atoms with Gasteiger partial charge in [0, 0.05) is 57.6 Å². The van der Waals surface area contributed by atoms with E-state index in [2.05, 4.69) is 82.5 Å². The van der Waals surface area contributed by atoms with Crippen LogP contribution in [0, 0.1) is 5.92 Å². The number of piperidine rings is 1. The van der Waals surface area contributed by atoms with Gasteiger partial charge < -0.3 is 9.97 Å². The predicted octanol–water partition coefficient (Wildman–Crippen LogP) is 5.59. The van der Waals surface area contributed by atoms with Gasteiger partial charge in [0.25, 0.3) is 0 Å². The quantitative estimate of drug-likeness (QED) is 0.277. The maximum atomic E-state index is 7.31. The Bertz CT molecular complexity index is 1590. The molecule has 2 radical (unpaired) electrons. The number of para-hydroxylation sites is 2. The molecular weight excluding hydrogens is 415 g/mol. The molecule has 1 saturated heterocycles. The smallest absolute Gasteiger partial charge is 0.104 e. The highest BCUT2D eigenvalue weighted by Crippen LogP contribution is 2.46. The lowest BCUT2D eigenvalue weighted by Crippen LogP contribution is -2.56. The number of hydrogen-bond acceptors (Lipinski definition) is 2. The van der Waals surface area contributed by atoms with Crippen LogP contribution in [-0.4, -0.2) is 40.8 Å². The fraction of sp³-hybridized carbons (Fsp3) is 0.276. The van der Waals surface area contributed by atoms with E-state index in [1.54, 1.807) is 0 Å². The van der Waals surface area contributed by atoms with Crippen LogP contribution >= 0.6 is 0 Å². The SMILES string of the molecule is [B][C@@]12CC(Cc3nccc4c3[nH]c3ccccc34)/C(=C\C)CN1CCc1c2[nH]c2ccccc12. The van der Waals surface area contributed by atoms with Gasteiger partial charge in [-0.2, -0.15) is 0 Å². The highest BCUT2D eigenvalue weighted by Gasteiger charge is 2.45. The number of nitrogens with zero attached hydrogens (tertiary/aromatic N) is 2. The van der Waals surface area contributed by atoms with Gasteiger partial charge in [-0.25, -0.2) is 0 Å². The van der Waals surface area contributed by atoms with Gasteiger partial charge in [-0.15, -0.1) is 0 Å². The highest BCUT2D eigenvalue weighted by atomic mass is 15.2. The lowest BCUT2D eigenvalue weighted by atomic mass is 9.61. The zero-order valence-electron chi connectivity index (χ0n) is 19.4. The normalized spacial score (nSPS) is 24.1. The summed E-state index contributed by atoms with van der Waals surface area (Å²) in [4.78, 5) is 14.7. The van der Waals surface area contributed by atoms with Gasteiger partial charge in [-0.05, 0) is 55.9 Å². The summed E-state index contributed by atoms with van der Waals surface area (Å²) in [7, 11) is 7.31. The molecule has 34 heavy (non-hydrogen) atoms. The molecule has 7 rings (SSSR count). The van der Waals surface area contributed by atoms with Crippen LogP contribution < -0.4 is 0 Å². The van der Waals surface area contributed by atoms with Crippen molar-refractivity contribution in [1.82, 2.24) is 19.9 Å². The van der Waals surface area contributed by atoms with E-state index < -0.39 is 5.44 Å². The van der Waals surface area contributed by atoms with Crippen molar-refractivity contribution >= 4 is 40.6 Å². The summed E-state index contributed by atoms with van der Waals surface area (Å²) in [6.07, 6.45) is 7.06. The third-order valence-corrected chi connectivity index (χ3v) is 8.21. The number of rotatable bonds is 2. The van der Waals surface area contributed by atoms with Crippen molar-refractivity contribution in [2.24, 2.45) is 5.92 Å². The van der Waals surface area contributed by atoms with Crippen LogP contribution in [0.15, 0.2) is 72.4 Å². The summed E-state index contributed by atoms with van der Waals surface area (Å²) < 4.78 is 0. The minimum Gasteiger partial charge on any atom is -0.357 e. The monoisotopic (exact) mass is 442 g/mol. The van der Waals surface area contributed by atoms with E-state index in [0.717, 1.165) is 49.1 Å². The fourth-order valence-corrected chi connectivity index (χ4v) is 6.49. The highest BCUT2D eigenvalue weighted by molar-refractivity contribution is 6.16. The van der Waals surface area contributed by atoms with Gasteiger partial charge >= 0.3 is 0 Å². The molecule has 5 heteroatoms. The van der Waals surface area contributed by atoms with E-state index in [-0.39, 0.29) is 0 Å². The molecule has 0 amide bonds. The van der Waals surface area contributed by atoms with Crippen molar-refractivity contribution in [2.75, 3.05) is 13.1 Å². The molecule has 4 nitrogen and oxygen atoms in total. The summed E-state index contributed by atoms with van der Waals surface area (Å²) >= 11 is 0. The van der Waals surface area contributed by atoms with E-state index in [9.17, 15) is 0 Å². The van der Waals surface area contributed by atoms with Crippen LogP contribution in [0.3, 0.4) is 0 Å². The molecule has 166 valence electrons. The summed E-state index contributed by atoms with van der Waals surface area (Å²) in [5, 5.41) is 3.82. The van der Waals surface area contributed by atoms with Gasteiger partial charge in [0.1, 0.15) is 7.85 Å². The molecule has 0 aliphatic carbocycles. The molecule has 2 N–H and O–H groups in total. The Balaban J connectivity index is 1.31. The molecule has 2 aliphatic rings. The second-order valence-electron chi connectivity index (χ2n) is 9.94. The van der Waals surface area contributed by atoms with Gasteiger partial charge in [-0.3, -0.25) is 9.88 Å².